The number of ether oxygens (including phenoxy) is 1. The van der Waals surface area contributed by atoms with Gasteiger partial charge in [0, 0.05) is 37.9 Å². The fraction of sp³-hybridized carbons (Fsp3) is 0.917. The Bertz CT molecular complexity index is 266. The lowest BCUT2D eigenvalue weighted by molar-refractivity contribution is 0.00412. The molecule has 17 heavy (non-hydrogen) atoms. The zero-order chi connectivity index (χ0) is 12.3. The fourth-order valence-corrected chi connectivity index (χ4v) is 3.06. The maximum atomic E-state index is 10.6. The van der Waals surface area contributed by atoms with Crippen LogP contribution in [0, 0.1) is 0 Å². The molecule has 0 bridgehead atoms. The Morgan fingerprint density at radius 3 is 2.65 bits per heavy atom. The second-order valence-electron chi connectivity index (χ2n) is 5.10. The molecular formula is C12H22N2O3. The van der Waals surface area contributed by atoms with Crippen LogP contribution in [-0.2, 0) is 4.74 Å². The van der Waals surface area contributed by atoms with Gasteiger partial charge in [0.2, 0.25) is 0 Å². The number of hydrogen-bond acceptors (Lipinski definition) is 3. The first-order valence-electron chi connectivity index (χ1n) is 6.49. The predicted octanol–water partition coefficient (Wildman–Crippen LogP) is 1.29. The van der Waals surface area contributed by atoms with Crippen LogP contribution in [0.4, 0.5) is 4.79 Å². The highest BCUT2D eigenvalue weighted by Crippen LogP contribution is 2.24. The molecule has 98 valence electrons. The lowest BCUT2D eigenvalue weighted by Crippen LogP contribution is -2.53. The fourth-order valence-electron chi connectivity index (χ4n) is 3.06. The summed E-state index contributed by atoms with van der Waals surface area (Å²) in [6, 6.07) is 1.21. The van der Waals surface area contributed by atoms with E-state index < -0.39 is 6.09 Å². The van der Waals surface area contributed by atoms with Gasteiger partial charge < -0.3 is 15.2 Å². The van der Waals surface area contributed by atoms with E-state index in [4.69, 9.17) is 9.84 Å². The Morgan fingerprint density at radius 2 is 2.06 bits per heavy atom. The standard InChI is InChI=1S/C12H22N2O3/c1-9-8-10(13-12(15)16)2-5-14(9)11-3-6-17-7-4-11/h9-11,13H,2-8H2,1H3,(H,15,16). The Hall–Kier alpha value is -0.810. The first-order chi connectivity index (χ1) is 8.16. The number of piperidine rings is 1. The highest BCUT2D eigenvalue weighted by molar-refractivity contribution is 5.64. The van der Waals surface area contributed by atoms with Crippen molar-refractivity contribution in [3.63, 3.8) is 0 Å². The van der Waals surface area contributed by atoms with Crippen molar-refractivity contribution in [3.8, 4) is 0 Å². The molecule has 0 radical (unpaired) electrons. The molecule has 0 aliphatic carbocycles. The molecule has 5 heteroatoms. The van der Waals surface area contributed by atoms with Crippen LogP contribution in [0.5, 0.6) is 0 Å². The number of carboxylic acid groups (broad SMARTS) is 1. The summed E-state index contributed by atoms with van der Waals surface area (Å²) in [5.74, 6) is 0. The highest BCUT2D eigenvalue weighted by Gasteiger charge is 2.31. The van der Waals surface area contributed by atoms with Gasteiger partial charge in [0.1, 0.15) is 0 Å². The molecule has 0 spiro atoms. The minimum absolute atomic E-state index is 0.124. The van der Waals surface area contributed by atoms with Gasteiger partial charge in [-0.1, -0.05) is 0 Å². The van der Waals surface area contributed by atoms with Gasteiger partial charge in [-0.05, 0) is 32.6 Å². The molecule has 0 aromatic heterocycles. The van der Waals surface area contributed by atoms with E-state index in [1.165, 1.54) is 0 Å². The van der Waals surface area contributed by atoms with Crippen molar-refractivity contribution in [2.24, 2.45) is 0 Å². The number of hydrogen-bond donors (Lipinski definition) is 2. The molecule has 2 fully saturated rings. The summed E-state index contributed by atoms with van der Waals surface area (Å²) < 4.78 is 5.38. The lowest BCUT2D eigenvalue weighted by atomic mass is 9.94. The first-order valence-corrected chi connectivity index (χ1v) is 6.49. The molecule has 0 saturated carbocycles. The molecule has 0 aromatic carbocycles. The van der Waals surface area contributed by atoms with E-state index in [1.807, 2.05) is 0 Å². The molecule has 2 aliphatic heterocycles. The molecule has 1 amide bonds. The highest BCUT2D eigenvalue weighted by atomic mass is 16.5. The van der Waals surface area contributed by atoms with Crippen LogP contribution in [0.3, 0.4) is 0 Å². The van der Waals surface area contributed by atoms with E-state index in [9.17, 15) is 4.79 Å². The van der Waals surface area contributed by atoms with E-state index in [-0.39, 0.29) is 6.04 Å². The Morgan fingerprint density at radius 1 is 1.35 bits per heavy atom. The second kappa shape index (κ2) is 5.69. The van der Waals surface area contributed by atoms with Gasteiger partial charge in [-0.3, -0.25) is 4.90 Å². The van der Waals surface area contributed by atoms with Crippen molar-refractivity contribution < 1.29 is 14.6 Å². The lowest BCUT2D eigenvalue weighted by Gasteiger charge is -2.43. The van der Waals surface area contributed by atoms with E-state index in [0.717, 1.165) is 45.4 Å². The van der Waals surface area contributed by atoms with Gasteiger partial charge in [0.15, 0.2) is 0 Å². The van der Waals surface area contributed by atoms with Crippen LogP contribution >= 0.6 is 0 Å². The van der Waals surface area contributed by atoms with Crippen LogP contribution in [0.15, 0.2) is 0 Å². The molecular weight excluding hydrogens is 220 g/mol. The summed E-state index contributed by atoms with van der Waals surface area (Å²) in [4.78, 5) is 13.1. The maximum absolute atomic E-state index is 10.6. The van der Waals surface area contributed by atoms with Gasteiger partial charge in [-0.25, -0.2) is 4.79 Å². The summed E-state index contributed by atoms with van der Waals surface area (Å²) in [6.45, 7) is 4.93. The molecule has 5 nitrogen and oxygen atoms in total. The number of nitrogens with one attached hydrogen (secondary N) is 1. The second-order valence-corrected chi connectivity index (χ2v) is 5.10. The molecule has 2 aliphatic rings. The van der Waals surface area contributed by atoms with Crippen molar-refractivity contribution in [2.75, 3.05) is 19.8 Å². The summed E-state index contributed by atoms with van der Waals surface area (Å²) >= 11 is 0. The molecule has 2 unspecified atom stereocenters. The van der Waals surface area contributed by atoms with Crippen molar-refractivity contribution in [1.29, 1.82) is 0 Å². The monoisotopic (exact) mass is 242 g/mol. The average molecular weight is 242 g/mol. The van der Waals surface area contributed by atoms with Crippen molar-refractivity contribution in [3.05, 3.63) is 0 Å². The molecule has 2 atom stereocenters. The number of amides is 1. The quantitative estimate of drug-likeness (QED) is 0.766. The molecule has 0 aromatic rings. The first kappa shape index (κ1) is 12.6. The van der Waals surface area contributed by atoms with E-state index in [0.29, 0.717) is 12.1 Å². The number of carbonyl (C=O) groups is 1. The zero-order valence-electron chi connectivity index (χ0n) is 10.4. The summed E-state index contributed by atoms with van der Waals surface area (Å²) in [5, 5.41) is 11.3. The summed E-state index contributed by atoms with van der Waals surface area (Å²) in [6.07, 6.45) is 3.17. The number of nitrogens with zero attached hydrogens (tertiary/aromatic N) is 1. The van der Waals surface area contributed by atoms with Crippen LogP contribution < -0.4 is 5.32 Å². The topological polar surface area (TPSA) is 61.8 Å². The third-order valence-corrected chi connectivity index (χ3v) is 3.91. The van der Waals surface area contributed by atoms with Crippen LogP contribution in [-0.4, -0.2) is 54.0 Å². The molecule has 2 heterocycles. The largest absolute Gasteiger partial charge is 0.465 e. The third kappa shape index (κ3) is 3.33. The molecule has 2 saturated heterocycles. The minimum Gasteiger partial charge on any atom is -0.465 e. The average Bonchev–Trinajstić information content (AvgIpc) is 2.29. The van der Waals surface area contributed by atoms with Gasteiger partial charge in [0.25, 0.3) is 0 Å². The van der Waals surface area contributed by atoms with E-state index in [1.54, 1.807) is 0 Å². The molecule has 2 rings (SSSR count). The predicted molar refractivity (Wildman–Crippen MR) is 64.2 cm³/mol. The smallest absolute Gasteiger partial charge is 0.404 e. The van der Waals surface area contributed by atoms with Gasteiger partial charge in [-0.2, -0.15) is 0 Å². The van der Waals surface area contributed by atoms with Crippen molar-refractivity contribution in [1.82, 2.24) is 10.2 Å². The van der Waals surface area contributed by atoms with Crippen LogP contribution in [0.25, 0.3) is 0 Å². The van der Waals surface area contributed by atoms with Crippen molar-refractivity contribution in [2.45, 2.75) is 50.7 Å². The summed E-state index contributed by atoms with van der Waals surface area (Å²) in [7, 11) is 0. The van der Waals surface area contributed by atoms with E-state index in [2.05, 4.69) is 17.1 Å². The normalized spacial score (nSPS) is 32.3. The zero-order valence-corrected chi connectivity index (χ0v) is 10.4. The maximum Gasteiger partial charge on any atom is 0.404 e. The Balaban J connectivity index is 1.84. The van der Waals surface area contributed by atoms with Gasteiger partial charge >= 0.3 is 6.09 Å². The number of likely N-dealkylation sites (tertiary alicyclic amines) is 1. The Kier molecular flexibility index (Phi) is 4.23. The molecule has 2 N–H and O–H groups in total. The van der Waals surface area contributed by atoms with Gasteiger partial charge in [-0.15, -0.1) is 0 Å². The minimum atomic E-state index is -0.901. The van der Waals surface area contributed by atoms with Gasteiger partial charge in [0.05, 0.1) is 0 Å². The summed E-state index contributed by atoms with van der Waals surface area (Å²) in [5.41, 5.74) is 0. The SMILES string of the molecule is CC1CC(NC(=O)O)CCN1C1CCOCC1. The number of rotatable bonds is 2. The third-order valence-electron chi connectivity index (χ3n) is 3.91. The van der Waals surface area contributed by atoms with E-state index >= 15 is 0 Å². The Labute approximate surface area is 102 Å². The van der Waals surface area contributed by atoms with Crippen molar-refractivity contribution >= 4 is 6.09 Å². The van der Waals surface area contributed by atoms with Crippen LogP contribution in [0.2, 0.25) is 0 Å². The van der Waals surface area contributed by atoms with Crippen LogP contribution in [0.1, 0.15) is 32.6 Å².